The fourth-order valence-electron chi connectivity index (χ4n) is 6.89. The van der Waals surface area contributed by atoms with Gasteiger partial charge in [-0.2, -0.15) is 0 Å². The maximum atomic E-state index is 15.0. The van der Waals surface area contributed by atoms with Gasteiger partial charge in [0, 0.05) is 17.9 Å². The fraction of sp³-hybridized carbons (Fsp3) is 0.692. The molecule has 0 spiro atoms. The number of carbonyl (C=O) groups is 2. The lowest BCUT2D eigenvalue weighted by Crippen LogP contribution is -2.48. The summed E-state index contributed by atoms with van der Waals surface area (Å²) in [6.45, 7) is 3.64. The maximum absolute atomic E-state index is 15.0. The fourth-order valence-corrected chi connectivity index (χ4v) is 6.89. The molecule has 5 heteroatoms. The van der Waals surface area contributed by atoms with Crippen LogP contribution in [0.4, 0.5) is 4.39 Å². The van der Waals surface area contributed by atoms with Crippen molar-refractivity contribution in [2.45, 2.75) is 77.6 Å². The van der Waals surface area contributed by atoms with E-state index in [1.165, 1.54) is 58.4 Å². The average Bonchev–Trinajstić information content (AvgIpc) is 3.50. The number of carbonyl (C=O) groups excluding carboxylic acids is 1. The minimum atomic E-state index is -1.23. The zero-order chi connectivity index (χ0) is 22.0. The van der Waals surface area contributed by atoms with E-state index in [9.17, 15) is 19.1 Å². The van der Waals surface area contributed by atoms with Crippen LogP contribution < -0.4 is 4.74 Å². The predicted octanol–water partition coefficient (Wildman–Crippen LogP) is 5.98. The molecule has 0 atom stereocenters. The summed E-state index contributed by atoms with van der Waals surface area (Å²) in [5.41, 5.74) is -0.0656. The van der Waals surface area contributed by atoms with E-state index >= 15 is 0 Å². The molecule has 6 rings (SSSR count). The van der Waals surface area contributed by atoms with E-state index in [4.69, 9.17) is 4.74 Å². The topological polar surface area (TPSA) is 63.6 Å². The highest BCUT2D eigenvalue weighted by Crippen LogP contribution is 2.60. The second-order valence-corrected chi connectivity index (χ2v) is 11.6. The third kappa shape index (κ3) is 4.01. The Labute approximate surface area is 183 Å². The molecule has 5 aliphatic rings. The zero-order valence-electron chi connectivity index (χ0n) is 18.6. The Morgan fingerprint density at radius 3 is 2.19 bits per heavy atom. The molecule has 4 bridgehead atoms. The summed E-state index contributed by atoms with van der Waals surface area (Å²) in [7, 11) is 0. The van der Waals surface area contributed by atoms with Gasteiger partial charge in [-0.15, -0.1) is 0 Å². The molecule has 0 unspecified atom stereocenters. The van der Waals surface area contributed by atoms with Gasteiger partial charge in [-0.25, -0.2) is 4.39 Å². The molecule has 0 amide bonds. The van der Waals surface area contributed by atoms with Crippen molar-refractivity contribution in [3.05, 3.63) is 29.1 Å². The first-order valence-corrected chi connectivity index (χ1v) is 11.9. The van der Waals surface area contributed by atoms with Crippen LogP contribution in [0.2, 0.25) is 0 Å². The SMILES string of the molecule is CC(C)(CC(=O)c1cc(C2CC2)c(OCC23CC4CC(CC(C4)C2)C3)cc1F)C(=O)O. The molecule has 1 N–H and O–H groups in total. The zero-order valence-corrected chi connectivity index (χ0v) is 18.6. The highest BCUT2D eigenvalue weighted by Gasteiger charge is 2.51. The van der Waals surface area contributed by atoms with Gasteiger partial charge >= 0.3 is 5.97 Å². The highest BCUT2D eigenvalue weighted by molar-refractivity contribution is 5.99. The van der Waals surface area contributed by atoms with Crippen molar-refractivity contribution in [3.63, 3.8) is 0 Å². The van der Waals surface area contributed by atoms with Crippen molar-refractivity contribution >= 4 is 11.8 Å². The molecule has 0 saturated heterocycles. The van der Waals surface area contributed by atoms with Crippen LogP contribution in [0.25, 0.3) is 0 Å². The Kier molecular flexibility index (Phi) is 4.95. The maximum Gasteiger partial charge on any atom is 0.309 e. The average molecular weight is 429 g/mol. The van der Waals surface area contributed by atoms with Crippen molar-refractivity contribution < 1.29 is 23.8 Å². The normalized spacial score (nSPS) is 31.6. The van der Waals surface area contributed by atoms with Gasteiger partial charge in [-0.3, -0.25) is 9.59 Å². The monoisotopic (exact) mass is 428 g/mol. The summed E-state index contributed by atoms with van der Waals surface area (Å²) >= 11 is 0. The molecule has 31 heavy (non-hydrogen) atoms. The van der Waals surface area contributed by atoms with Crippen LogP contribution in [0.3, 0.4) is 0 Å². The lowest BCUT2D eigenvalue weighted by Gasteiger charge is -2.56. The van der Waals surface area contributed by atoms with Crippen LogP contribution in [0.5, 0.6) is 5.75 Å². The molecule has 168 valence electrons. The lowest BCUT2D eigenvalue weighted by atomic mass is 9.50. The molecule has 4 nitrogen and oxygen atoms in total. The highest BCUT2D eigenvalue weighted by atomic mass is 19.1. The Bertz CT molecular complexity index is 879. The van der Waals surface area contributed by atoms with Gasteiger partial charge in [0.2, 0.25) is 0 Å². The molecule has 1 aromatic carbocycles. The largest absolute Gasteiger partial charge is 0.493 e. The van der Waals surface area contributed by atoms with Crippen LogP contribution in [0.1, 0.15) is 93.5 Å². The summed E-state index contributed by atoms with van der Waals surface area (Å²) in [4.78, 5) is 24.1. The molecule has 5 aliphatic carbocycles. The Morgan fingerprint density at radius 2 is 1.68 bits per heavy atom. The van der Waals surface area contributed by atoms with Crippen molar-refractivity contribution in [1.29, 1.82) is 0 Å². The van der Waals surface area contributed by atoms with E-state index in [0.717, 1.165) is 36.2 Å². The number of carboxylic acids is 1. The number of halogens is 1. The molecular formula is C26H33FO4. The minimum Gasteiger partial charge on any atom is -0.493 e. The number of Topliss-reactive ketones (excluding diaryl/α,β-unsaturated/α-hetero) is 1. The number of hydrogen-bond acceptors (Lipinski definition) is 3. The van der Waals surface area contributed by atoms with Crippen LogP contribution in [-0.4, -0.2) is 23.5 Å². The molecular weight excluding hydrogens is 395 g/mol. The molecule has 0 radical (unpaired) electrons. The van der Waals surface area contributed by atoms with Gasteiger partial charge in [-0.1, -0.05) is 0 Å². The van der Waals surface area contributed by atoms with E-state index in [0.29, 0.717) is 18.3 Å². The minimum absolute atomic E-state index is 0.00150. The van der Waals surface area contributed by atoms with E-state index in [-0.39, 0.29) is 17.4 Å². The molecule has 5 fully saturated rings. The van der Waals surface area contributed by atoms with Crippen molar-refractivity contribution in [2.75, 3.05) is 6.61 Å². The van der Waals surface area contributed by atoms with E-state index in [1.807, 2.05) is 0 Å². The predicted molar refractivity (Wildman–Crippen MR) is 115 cm³/mol. The second kappa shape index (κ2) is 7.31. The number of rotatable bonds is 8. The summed E-state index contributed by atoms with van der Waals surface area (Å²) in [5.74, 6) is 1.30. The number of ether oxygens (including phenoxy) is 1. The van der Waals surface area contributed by atoms with Crippen molar-refractivity contribution in [3.8, 4) is 5.75 Å². The smallest absolute Gasteiger partial charge is 0.309 e. The molecule has 0 heterocycles. The van der Waals surface area contributed by atoms with Gasteiger partial charge in [0.25, 0.3) is 0 Å². The lowest BCUT2D eigenvalue weighted by molar-refractivity contribution is -0.146. The van der Waals surface area contributed by atoms with Crippen LogP contribution in [-0.2, 0) is 4.79 Å². The third-order valence-corrected chi connectivity index (χ3v) is 8.30. The van der Waals surface area contributed by atoms with Crippen LogP contribution in [0.15, 0.2) is 12.1 Å². The van der Waals surface area contributed by atoms with Crippen molar-refractivity contribution in [1.82, 2.24) is 0 Å². The summed E-state index contributed by atoms with van der Waals surface area (Å²) in [6.07, 6.45) is 9.67. The van der Waals surface area contributed by atoms with Gasteiger partial charge < -0.3 is 9.84 Å². The number of hydrogen-bond donors (Lipinski definition) is 1. The first-order chi connectivity index (χ1) is 14.6. The Morgan fingerprint density at radius 1 is 1.10 bits per heavy atom. The van der Waals surface area contributed by atoms with Gasteiger partial charge in [0.1, 0.15) is 11.6 Å². The number of carboxylic acid groups (broad SMARTS) is 1. The summed E-state index contributed by atoms with van der Waals surface area (Å²) in [5, 5.41) is 9.32. The number of benzene rings is 1. The molecule has 0 aromatic heterocycles. The Hall–Kier alpha value is -1.91. The third-order valence-electron chi connectivity index (χ3n) is 8.30. The number of ketones is 1. The van der Waals surface area contributed by atoms with Crippen LogP contribution >= 0.6 is 0 Å². The Balaban J connectivity index is 1.36. The number of aliphatic carboxylic acids is 1. The molecule has 1 aromatic rings. The van der Waals surface area contributed by atoms with E-state index < -0.39 is 23.0 Å². The van der Waals surface area contributed by atoms with Gasteiger partial charge in [0.05, 0.1) is 17.6 Å². The first kappa shape index (κ1) is 21.0. The van der Waals surface area contributed by atoms with Crippen molar-refractivity contribution in [2.24, 2.45) is 28.6 Å². The van der Waals surface area contributed by atoms with E-state index in [2.05, 4.69) is 0 Å². The molecule has 0 aliphatic heterocycles. The van der Waals surface area contributed by atoms with Gasteiger partial charge in [-0.05, 0) is 101 Å². The van der Waals surface area contributed by atoms with E-state index in [1.54, 1.807) is 6.07 Å². The van der Waals surface area contributed by atoms with Gasteiger partial charge in [0.15, 0.2) is 5.78 Å². The second-order valence-electron chi connectivity index (χ2n) is 11.6. The standard InChI is InChI=1S/C26H33FO4/c1-25(2,24(29)30)13-22(28)20-8-19(18-3-4-18)23(9-21(20)27)31-14-26-10-15-5-16(11-26)7-17(6-15)12-26/h8-9,15-18H,3-7,10-14H2,1-2H3,(H,29,30). The first-order valence-electron chi connectivity index (χ1n) is 11.9. The summed E-state index contributed by atoms with van der Waals surface area (Å²) in [6, 6.07) is 3.03. The quantitative estimate of drug-likeness (QED) is 0.517. The summed E-state index contributed by atoms with van der Waals surface area (Å²) < 4.78 is 21.3. The molecule has 5 saturated carbocycles. The van der Waals surface area contributed by atoms with Crippen LogP contribution in [0, 0.1) is 34.4 Å².